The SMILES string of the molecule is CC(=O)N[C@@H](CCS(C)(=O)=O)C(=O)N[C@@H](CCC(=O)C=N)C(=O)NCc1ccccc1. The van der Waals surface area contributed by atoms with Crippen molar-refractivity contribution in [3.8, 4) is 0 Å². The van der Waals surface area contributed by atoms with E-state index < -0.39 is 45.4 Å². The molecule has 10 nitrogen and oxygen atoms in total. The second-order valence-corrected chi connectivity index (χ2v) is 9.35. The Balaban J connectivity index is 2.89. The first-order valence-electron chi connectivity index (χ1n) is 9.62. The van der Waals surface area contributed by atoms with E-state index in [9.17, 15) is 27.6 Å². The smallest absolute Gasteiger partial charge is 0.243 e. The van der Waals surface area contributed by atoms with Crippen LogP contribution in [-0.4, -0.2) is 62.2 Å². The van der Waals surface area contributed by atoms with Crippen molar-refractivity contribution in [1.82, 2.24) is 16.0 Å². The number of ketones is 1. The van der Waals surface area contributed by atoms with Crippen LogP contribution in [0.15, 0.2) is 30.3 Å². The minimum absolute atomic E-state index is 0.0561. The van der Waals surface area contributed by atoms with Gasteiger partial charge in [-0.15, -0.1) is 0 Å². The molecule has 0 heterocycles. The van der Waals surface area contributed by atoms with Gasteiger partial charge in [-0.3, -0.25) is 19.2 Å². The lowest BCUT2D eigenvalue weighted by Gasteiger charge is -2.22. The number of hydrogen-bond donors (Lipinski definition) is 4. The molecule has 2 atom stereocenters. The summed E-state index contributed by atoms with van der Waals surface area (Å²) in [7, 11) is -3.38. The maximum Gasteiger partial charge on any atom is 0.243 e. The molecule has 0 aliphatic rings. The van der Waals surface area contributed by atoms with Crippen LogP contribution in [0.2, 0.25) is 0 Å². The molecule has 1 rings (SSSR count). The normalized spacial score (nSPS) is 12.8. The second-order valence-electron chi connectivity index (χ2n) is 7.09. The Morgan fingerprint density at radius 1 is 1.00 bits per heavy atom. The summed E-state index contributed by atoms with van der Waals surface area (Å²) in [6.07, 6.45) is 1.29. The van der Waals surface area contributed by atoms with Gasteiger partial charge in [-0.05, 0) is 18.4 Å². The predicted molar refractivity (Wildman–Crippen MR) is 115 cm³/mol. The van der Waals surface area contributed by atoms with Gasteiger partial charge in [0.05, 0.1) is 12.0 Å². The Hall–Kier alpha value is -3.08. The number of nitrogens with one attached hydrogen (secondary N) is 4. The van der Waals surface area contributed by atoms with Crippen molar-refractivity contribution in [3.63, 3.8) is 0 Å². The molecule has 0 bridgehead atoms. The van der Waals surface area contributed by atoms with Gasteiger partial charge in [0.2, 0.25) is 17.7 Å². The highest BCUT2D eigenvalue weighted by Gasteiger charge is 2.27. The van der Waals surface area contributed by atoms with Gasteiger partial charge in [0.15, 0.2) is 5.78 Å². The maximum absolute atomic E-state index is 12.7. The number of rotatable bonds is 13. The standard InChI is InChI=1S/C20H28N4O6S/c1-14(25)23-18(10-11-31(2,29)30)20(28)24-17(9-8-16(26)12-21)19(27)22-13-15-6-4-3-5-7-15/h3-7,12,17-18,21H,8-11,13H2,1-2H3,(H,22,27)(H,23,25)(H,24,28)/t17-,18-/m0/s1. The average Bonchev–Trinajstić information content (AvgIpc) is 2.71. The molecule has 0 aliphatic carbocycles. The van der Waals surface area contributed by atoms with Gasteiger partial charge in [-0.25, -0.2) is 8.42 Å². The number of Topliss-reactive ketones (excluding diaryl/α,β-unsaturated/α-hetero) is 1. The summed E-state index contributed by atoms with van der Waals surface area (Å²) in [5, 5.41) is 14.5. The van der Waals surface area contributed by atoms with Gasteiger partial charge in [0.25, 0.3) is 0 Å². The number of carbonyl (C=O) groups excluding carboxylic acids is 4. The fourth-order valence-corrected chi connectivity index (χ4v) is 3.32. The van der Waals surface area contributed by atoms with Crippen molar-refractivity contribution >= 4 is 39.6 Å². The van der Waals surface area contributed by atoms with E-state index in [-0.39, 0.29) is 31.6 Å². The maximum atomic E-state index is 12.7. The van der Waals surface area contributed by atoms with Crippen LogP contribution in [0.3, 0.4) is 0 Å². The van der Waals surface area contributed by atoms with Gasteiger partial charge < -0.3 is 21.4 Å². The van der Waals surface area contributed by atoms with Crippen LogP contribution >= 0.6 is 0 Å². The molecule has 1 aromatic carbocycles. The van der Waals surface area contributed by atoms with E-state index in [1.54, 1.807) is 0 Å². The summed E-state index contributed by atoms with van der Waals surface area (Å²) in [6.45, 7) is 1.39. The largest absolute Gasteiger partial charge is 0.350 e. The third-order valence-corrected chi connectivity index (χ3v) is 5.23. The van der Waals surface area contributed by atoms with Gasteiger partial charge in [-0.2, -0.15) is 0 Å². The summed E-state index contributed by atoms with van der Waals surface area (Å²) in [5.74, 6) is -2.65. The molecule has 4 N–H and O–H groups in total. The zero-order chi connectivity index (χ0) is 23.4. The quantitative estimate of drug-likeness (QED) is 0.301. The van der Waals surface area contributed by atoms with E-state index >= 15 is 0 Å². The Bertz CT molecular complexity index is 902. The molecule has 170 valence electrons. The first-order chi connectivity index (χ1) is 14.5. The number of sulfone groups is 1. The molecule has 0 fully saturated rings. The summed E-state index contributed by atoms with van der Waals surface area (Å²) >= 11 is 0. The summed E-state index contributed by atoms with van der Waals surface area (Å²) in [4.78, 5) is 48.2. The number of amides is 3. The first kappa shape index (κ1) is 26.0. The lowest BCUT2D eigenvalue weighted by molar-refractivity contribution is -0.132. The monoisotopic (exact) mass is 452 g/mol. The Labute approximate surface area is 181 Å². The van der Waals surface area contributed by atoms with E-state index in [1.165, 1.54) is 6.92 Å². The van der Waals surface area contributed by atoms with Crippen molar-refractivity contribution < 1.29 is 27.6 Å². The molecule has 1 aromatic rings. The third-order valence-electron chi connectivity index (χ3n) is 4.25. The first-order valence-corrected chi connectivity index (χ1v) is 11.7. The van der Waals surface area contributed by atoms with Gasteiger partial charge >= 0.3 is 0 Å². The molecule has 0 spiro atoms. The second kappa shape index (κ2) is 12.6. The van der Waals surface area contributed by atoms with Crippen LogP contribution in [0.1, 0.15) is 31.7 Å². The van der Waals surface area contributed by atoms with Crippen LogP contribution in [0.5, 0.6) is 0 Å². The third kappa shape index (κ3) is 11.0. The Morgan fingerprint density at radius 2 is 1.61 bits per heavy atom. The molecule has 0 saturated heterocycles. The molecule has 0 radical (unpaired) electrons. The topological polar surface area (TPSA) is 162 Å². The van der Waals surface area contributed by atoms with E-state index in [1.807, 2.05) is 30.3 Å². The highest BCUT2D eigenvalue weighted by atomic mass is 32.2. The average molecular weight is 453 g/mol. The Kier molecular flexibility index (Phi) is 10.5. The fourth-order valence-electron chi connectivity index (χ4n) is 2.65. The lowest BCUT2D eigenvalue weighted by atomic mass is 10.1. The highest BCUT2D eigenvalue weighted by Crippen LogP contribution is 2.04. The molecule has 31 heavy (non-hydrogen) atoms. The summed E-state index contributed by atoms with van der Waals surface area (Å²) < 4.78 is 22.9. The molecule has 11 heteroatoms. The van der Waals surface area contributed by atoms with Crippen LogP contribution in [0, 0.1) is 5.41 Å². The van der Waals surface area contributed by atoms with Crippen LogP contribution in [0.25, 0.3) is 0 Å². The zero-order valence-corrected chi connectivity index (χ0v) is 18.3. The van der Waals surface area contributed by atoms with E-state index in [4.69, 9.17) is 5.41 Å². The number of hydrogen-bond acceptors (Lipinski definition) is 7. The molecule has 0 unspecified atom stereocenters. The van der Waals surface area contributed by atoms with Gasteiger partial charge in [0.1, 0.15) is 21.9 Å². The van der Waals surface area contributed by atoms with Crippen molar-refractivity contribution in [1.29, 1.82) is 5.41 Å². The molecular formula is C20H28N4O6S. The van der Waals surface area contributed by atoms with Crippen LogP contribution in [0.4, 0.5) is 0 Å². The molecular weight excluding hydrogens is 424 g/mol. The fraction of sp³-hybridized carbons (Fsp3) is 0.450. The molecule has 0 aliphatic heterocycles. The van der Waals surface area contributed by atoms with Crippen molar-refractivity contribution in [3.05, 3.63) is 35.9 Å². The highest BCUT2D eigenvalue weighted by molar-refractivity contribution is 7.90. The van der Waals surface area contributed by atoms with Crippen molar-refractivity contribution in [2.45, 2.75) is 44.8 Å². The van der Waals surface area contributed by atoms with Crippen LogP contribution in [-0.2, 0) is 35.6 Å². The van der Waals surface area contributed by atoms with E-state index in [0.29, 0.717) is 6.21 Å². The number of carbonyl (C=O) groups is 4. The summed E-state index contributed by atoms with van der Waals surface area (Å²) in [6, 6.07) is 6.81. The van der Waals surface area contributed by atoms with Crippen LogP contribution < -0.4 is 16.0 Å². The van der Waals surface area contributed by atoms with Gasteiger partial charge in [-0.1, -0.05) is 30.3 Å². The summed E-state index contributed by atoms with van der Waals surface area (Å²) in [5.41, 5.74) is 0.834. The molecule has 0 saturated carbocycles. The minimum atomic E-state index is -3.38. The predicted octanol–water partition coefficient (Wildman–Crippen LogP) is -0.274. The van der Waals surface area contributed by atoms with E-state index in [0.717, 1.165) is 11.8 Å². The lowest BCUT2D eigenvalue weighted by Crippen LogP contribution is -2.53. The van der Waals surface area contributed by atoms with Gasteiger partial charge in [0, 0.05) is 26.1 Å². The zero-order valence-electron chi connectivity index (χ0n) is 17.5. The molecule has 3 amide bonds. The minimum Gasteiger partial charge on any atom is -0.350 e. The van der Waals surface area contributed by atoms with Crippen molar-refractivity contribution in [2.75, 3.05) is 12.0 Å². The van der Waals surface area contributed by atoms with E-state index in [2.05, 4.69) is 16.0 Å². The molecule has 0 aromatic heterocycles. The van der Waals surface area contributed by atoms with Crippen molar-refractivity contribution in [2.24, 2.45) is 0 Å². The Morgan fingerprint density at radius 3 is 2.16 bits per heavy atom. The number of benzene rings is 1.